The first-order chi connectivity index (χ1) is 10.7. The van der Waals surface area contributed by atoms with E-state index in [0.717, 1.165) is 19.3 Å². The molecule has 0 radical (unpaired) electrons. The van der Waals surface area contributed by atoms with Gasteiger partial charge in [-0.2, -0.15) is 0 Å². The third kappa shape index (κ3) is 7.25. The third-order valence-corrected chi connectivity index (χ3v) is 3.64. The molecule has 0 bridgehead atoms. The van der Waals surface area contributed by atoms with Crippen molar-refractivity contribution in [2.75, 3.05) is 11.9 Å². The molecule has 22 heavy (non-hydrogen) atoms. The van der Waals surface area contributed by atoms with Gasteiger partial charge in [-0.05, 0) is 30.5 Å². The minimum Gasteiger partial charge on any atom is -0.348 e. The van der Waals surface area contributed by atoms with Gasteiger partial charge in [-0.15, -0.1) is 0 Å². The van der Waals surface area contributed by atoms with E-state index in [2.05, 4.69) is 24.5 Å². The van der Waals surface area contributed by atoms with Crippen LogP contribution in [0.3, 0.4) is 0 Å². The van der Waals surface area contributed by atoms with Crippen molar-refractivity contribution in [2.24, 2.45) is 0 Å². The van der Waals surface area contributed by atoms with Gasteiger partial charge in [-0.25, -0.2) is 0 Å². The summed E-state index contributed by atoms with van der Waals surface area (Å²) >= 11 is 0. The number of carbonyl (C=O) groups excluding carboxylic acids is 2. The van der Waals surface area contributed by atoms with Crippen molar-refractivity contribution >= 4 is 17.5 Å². The standard InChI is InChI=1S/C18H28N2O2/c1-3-5-6-7-8-9-14-19-17(21)18(22)20-16-12-10-15(4-2)11-13-16/h10-13H,3-9,14H2,1-2H3,(H,19,21)(H,20,22). The van der Waals surface area contributed by atoms with Crippen LogP contribution in [0.5, 0.6) is 0 Å². The fraction of sp³-hybridized carbons (Fsp3) is 0.556. The maximum Gasteiger partial charge on any atom is 0.313 e. The van der Waals surface area contributed by atoms with Crippen LogP contribution in [0.15, 0.2) is 24.3 Å². The molecule has 0 saturated carbocycles. The Hall–Kier alpha value is -1.84. The lowest BCUT2D eigenvalue weighted by Crippen LogP contribution is -2.35. The van der Waals surface area contributed by atoms with Gasteiger partial charge in [0, 0.05) is 12.2 Å². The minimum atomic E-state index is -0.602. The quantitative estimate of drug-likeness (QED) is 0.540. The molecule has 0 heterocycles. The van der Waals surface area contributed by atoms with E-state index in [-0.39, 0.29) is 0 Å². The molecule has 0 spiro atoms. The molecule has 2 amide bonds. The van der Waals surface area contributed by atoms with Gasteiger partial charge in [-0.3, -0.25) is 9.59 Å². The SMILES string of the molecule is CCCCCCCCNC(=O)C(=O)Nc1ccc(CC)cc1. The van der Waals surface area contributed by atoms with Gasteiger partial charge in [0.15, 0.2) is 0 Å². The molecule has 0 unspecified atom stereocenters. The van der Waals surface area contributed by atoms with Gasteiger partial charge < -0.3 is 10.6 Å². The molecule has 0 fully saturated rings. The molecular formula is C18H28N2O2. The predicted molar refractivity (Wildman–Crippen MR) is 90.8 cm³/mol. The average Bonchev–Trinajstić information content (AvgIpc) is 2.54. The van der Waals surface area contributed by atoms with Crippen LogP contribution in [0.25, 0.3) is 0 Å². The lowest BCUT2D eigenvalue weighted by molar-refractivity contribution is -0.136. The van der Waals surface area contributed by atoms with Gasteiger partial charge in [-0.1, -0.05) is 58.1 Å². The second-order valence-electron chi connectivity index (χ2n) is 5.53. The number of aryl methyl sites for hydroxylation is 1. The van der Waals surface area contributed by atoms with Gasteiger partial charge in [0.25, 0.3) is 0 Å². The van der Waals surface area contributed by atoms with Crippen LogP contribution in [0.1, 0.15) is 57.9 Å². The summed E-state index contributed by atoms with van der Waals surface area (Å²) < 4.78 is 0. The first kappa shape index (κ1) is 18.2. The van der Waals surface area contributed by atoms with E-state index < -0.39 is 11.8 Å². The van der Waals surface area contributed by atoms with Crippen LogP contribution in [-0.2, 0) is 16.0 Å². The first-order valence-electron chi connectivity index (χ1n) is 8.35. The highest BCUT2D eigenvalue weighted by molar-refractivity contribution is 6.39. The Morgan fingerprint density at radius 1 is 0.864 bits per heavy atom. The number of unbranched alkanes of at least 4 members (excludes halogenated alkanes) is 5. The maximum atomic E-state index is 11.7. The molecule has 1 aromatic carbocycles. The summed E-state index contributed by atoms with van der Waals surface area (Å²) in [5.41, 5.74) is 1.85. The molecule has 0 atom stereocenters. The Kier molecular flexibility index (Phi) is 8.96. The van der Waals surface area contributed by atoms with E-state index in [1.807, 2.05) is 24.3 Å². The van der Waals surface area contributed by atoms with Crippen molar-refractivity contribution in [1.82, 2.24) is 5.32 Å². The Balaban J connectivity index is 2.20. The summed E-state index contributed by atoms with van der Waals surface area (Å²) in [6.07, 6.45) is 7.92. The largest absolute Gasteiger partial charge is 0.348 e. The third-order valence-electron chi connectivity index (χ3n) is 3.64. The number of benzene rings is 1. The Labute approximate surface area is 133 Å². The van der Waals surface area contributed by atoms with Crippen molar-refractivity contribution in [3.63, 3.8) is 0 Å². The van der Waals surface area contributed by atoms with E-state index in [9.17, 15) is 9.59 Å². The number of rotatable bonds is 9. The van der Waals surface area contributed by atoms with Gasteiger partial charge in [0.05, 0.1) is 0 Å². The van der Waals surface area contributed by atoms with Crippen molar-refractivity contribution in [3.8, 4) is 0 Å². The molecule has 0 aliphatic rings. The molecule has 1 rings (SSSR count). The summed E-state index contributed by atoms with van der Waals surface area (Å²) in [6.45, 7) is 4.82. The van der Waals surface area contributed by atoms with Gasteiger partial charge in [0.1, 0.15) is 0 Å². The Bertz CT molecular complexity index is 455. The van der Waals surface area contributed by atoms with Crippen molar-refractivity contribution in [2.45, 2.75) is 58.8 Å². The van der Waals surface area contributed by atoms with E-state index >= 15 is 0 Å². The molecule has 2 N–H and O–H groups in total. The summed E-state index contributed by atoms with van der Waals surface area (Å²) in [5, 5.41) is 5.28. The molecule has 0 saturated heterocycles. The second kappa shape index (κ2) is 10.8. The number of carbonyl (C=O) groups is 2. The summed E-state index contributed by atoms with van der Waals surface area (Å²) in [5.74, 6) is -1.16. The average molecular weight is 304 g/mol. The highest BCUT2D eigenvalue weighted by Gasteiger charge is 2.12. The van der Waals surface area contributed by atoms with Crippen molar-refractivity contribution in [3.05, 3.63) is 29.8 Å². The molecule has 0 aromatic heterocycles. The van der Waals surface area contributed by atoms with E-state index in [1.54, 1.807) is 0 Å². The second-order valence-corrected chi connectivity index (χ2v) is 5.53. The molecule has 0 aliphatic carbocycles. The Morgan fingerprint density at radius 3 is 2.14 bits per heavy atom. The molecule has 122 valence electrons. The lowest BCUT2D eigenvalue weighted by Gasteiger charge is -2.07. The predicted octanol–water partition coefficient (Wildman–Crippen LogP) is 3.66. The smallest absolute Gasteiger partial charge is 0.313 e. The lowest BCUT2D eigenvalue weighted by atomic mass is 10.1. The highest BCUT2D eigenvalue weighted by Crippen LogP contribution is 2.09. The first-order valence-corrected chi connectivity index (χ1v) is 8.35. The van der Waals surface area contributed by atoms with E-state index in [1.165, 1.54) is 31.2 Å². The van der Waals surface area contributed by atoms with Crippen molar-refractivity contribution < 1.29 is 9.59 Å². The van der Waals surface area contributed by atoms with Crippen LogP contribution >= 0.6 is 0 Å². The van der Waals surface area contributed by atoms with Crippen LogP contribution in [0, 0.1) is 0 Å². The van der Waals surface area contributed by atoms with E-state index in [0.29, 0.717) is 12.2 Å². The summed E-state index contributed by atoms with van der Waals surface area (Å²) in [6, 6.07) is 7.53. The molecule has 1 aromatic rings. The zero-order valence-electron chi connectivity index (χ0n) is 13.8. The fourth-order valence-electron chi connectivity index (χ4n) is 2.20. The fourth-order valence-corrected chi connectivity index (χ4v) is 2.20. The van der Waals surface area contributed by atoms with Crippen LogP contribution in [0.4, 0.5) is 5.69 Å². The van der Waals surface area contributed by atoms with E-state index in [4.69, 9.17) is 0 Å². The summed E-state index contributed by atoms with van der Waals surface area (Å²) in [4.78, 5) is 23.4. The molecule has 4 heteroatoms. The number of nitrogens with one attached hydrogen (secondary N) is 2. The van der Waals surface area contributed by atoms with Crippen LogP contribution in [0.2, 0.25) is 0 Å². The number of amides is 2. The van der Waals surface area contributed by atoms with Gasteiger partial charge >= 0.3 is 11.8 Å². The number of anilines is 1. The summed E-state index contributed by atoms with van der Waals surface area (Å²) in [7, 11) is 0. The molecular weight excluding hydrogens is 276 g/mol. The van der Waals surface area contributed by atoms with Gasteiger partial charge in [0.2, 0.25) is 0 Å². The molecule has 4 nitrogen and oxygen atoms in total. The highest BCUT2D eigenvalue weighted by atomic mass is 16.2. The zero-order valence-corrected chi connectivity index (χ0v) is 13.8. The monoisotopic (exact) mass is 304 g/mol. The number of hydrogen-bond donors (Lipinski definition) is 2. The zero-order chi connectivity index (χ0) is 16.2. The van der Waals surface area contributed by atoms with Crippen molar-refractivity contribution in [1.29, 1.82) is 0 Å². The number of hydrogen-bond acceptors (Lipinski definition) is 2. The Morgan fingerprint density at radius 2 is 1.50 bits per heavy atom. The topological polar surface area (TPSA) is 58.2 Å². The molecule has 0 aliphatic heterocycles. The van der Waals surface area contributed by atoms with Crippen LogP contribution in [-0.4, -0.2) is 18.4 Å². The minimum absolute atomic E-state index is 0.562. The normalized spacial score (nSPS) is 10.3. The van der Waals surface area contributed by atoms with Crippen LogP contribution < -0.4 is 10.6 Å². The maximum absolute atomic E-state index is 11.7.